The molecule has 0 amide bonds. The molecule has 0 fully saturated rings. The van der Waals surface area contributed by atoms with Crippen LogP contribution in [0, 0.1) is 10.1 Å². The number of nitrogens with zero attached hydrogens (tertiary/aromatic N) is 3. The van der Waals surface area contributed by atoms with Crippen LogP contribution in [0.25, 0.3) is 10.9 Å². The number of hydrogen-bond donors (Lipinski definition) is 2. The van der Waals surface area contributed by atoms with Crippen LogP contribution < -0.4 is 10.1 Å². The summed E-state index contributed by atoms with van der Waals surface area (Å²) in [7, 11) is 1.41. The highest BCUT2D eigenvalue weighted by Gasteiger charge is 2.23. The first-order valence-corrected chi connectivity index (χ1v) is 8.59. The van der Waals surface area contributed by atoms with E-state index in [1.165, 1.54) is 13.2 Å². The number of aromatic amines is 1. The number of anilines is 1. The highest BCUT2D eigenvalue weighted by Crippen LogP contribution is 2.35. The number of para-hydroxylation sites is 1. The largest absolute Gasteiger partial charge is 0.490 e. The molecule has 2 heterocycles. The first-order chi connectivity index (χ1) is 13.7. The third kappa shape index (κ3) is 3.23. The lowest BCUT2D eigenvalue weighted by atomic mass is 9.97. The lowest BCUT2D eigenvalue weighted by Gasteiger charge is -2.19. The van der Waals surface area contributed by atoms with Gasteiger partial charge in [-0.3, -0.25) is 10.1 Å². The molecule has 0 saturated heterocycles. The Morgan fingerprint density at radius 2 is 1.93 bits per heavy atom. The number of hydrogen-bond acceptors (Lipinski definition) is 6. The van der Waals surface area contributed by atoms with Gasteiger partial charge in [0.05, 0.1) is 18.1 Å². The fraction of sp³-hybridized carbons (Fsp3) is 0.100. The van der Waals surface area contributed by atoms with Crippen molar-refractivity contribution >= 4 is 22.5 Å². The number of nitro benzene ring substituents is 1. The number of H-pyrrole nitrogens is 1. The second-order valence-corrected chi connectivity index (χ2v) is 6.13. The third-order valence-corrected chi connectivity index (χ3v) is 4.50. The number of methoxy groups -OCH3 is 1. The average molecular weight is 375 g/mol. The predicted octanol–water partition coefficient (Wildman–Crippen LogP) is 4.08. The quantitative estimate of drug-likeness (QED) is 0.389. The fourth-order valence-electron chi connectivity index (χ4n) is 3.21. The molecule has 4 rings (SSSR count). The lowest BCUT2D eigenvalue weighted by molar-refractivity contribution is -0.385. The third-order valence-electron chi connectivity index (χ3n) is 4.50. The van der Waals surface area contributed by atoms with Gasteiger partial charge in [-0.15, -0.1) is 0 Å². The van der Waals surface area contributed by atoms with Gasteiger partial charge in [0.25, 0.3) is 0 Å². The Morgan fingerprint density at radius 3 is 2.68 bits per heavy atom. The van der Waals surface area contributed by atoms with Crippen molar-refractivity contribution in [2.45, 2.75) is 6.04 Å². The van der Waals surface area contributed by atoms with E-state index in [1.54, 1.807) is 30.6 Å². The minimum atomic E-state index is -0.451. The molecule has 0 aliphatic rings. The monoisotopic (exact) mass is 375 g/mol. The molecule has 8 nitrogen and oxygen atoms in total. The Labute approximate surface area is 160 Å². The van der Waals surface area contributed by atoms with E-state index in [-0.39, 0.29) is 11.4 Å². The van der Waals surface area contributed by atoms with E-state index in [9.17, 15) is 10.1 Å². The second-order valence-electron chi connectivity index (χ2n) is 6.13. The fourth-order valence-corrected chi connectivity index (χ4v) is 3.21. The summed E-state index contributed by atoms with van der Waals surface area (Å²) in [5.74, 6) is 0.638. The molecule has 4 aromatic rings. The molecule has 0 aliphatic heterocycles. The molecule has 1 unspecified atom stereocenters. The van der Waals surface area contributed by atoms with Crippen LogP contribution in [0.3, 0.4) is 0 Å². The number of benzene rings is 2. The van der Waals surface area contributed by atoms with Crippen LogP contribution in [-0.4, -0.2) is 27.0 Å². The zero-order valence-electron chi connectivity index (χ0n) is 15.0. The molecule has 2 N–H and O–H groups in total. The van der Waals surface area contributed by atoms with Gasteiger partial charge >= 0.3 is 5.69 Å². The summed E-state index contributed by atoms with van der Waals surface area (Å²) in [5, 5.41) is 15.8. The maximum absolute atomic E-state index is 11.5. The zero-order valence-corrected chi connectivity index (χ0v) is 15.0. The van der Waals surface area contributed by atoms with Crippen molar-refractivity contribution in [2.24, 2.45) is 0 Å². The Balaban J connectivity index is 1.86. The van der Waals surface area contributed by atoms with Gasteiger partial charge in [-0.05, 0) is 23.8 Å². The summed E-state index contributed by atoms with van der Waals surface area (Å²) >= 11 is 0. The lowest BCUT2D eigenvalue weighted by Crippen LogP contribution is -2.14. The average Bonchev–Trinajstić information content (AvgIpc) is 3.16. The molecule has 2 aromatic carbocycles. The Bertz CT molecular complexity index is 1130. The highest BCUT2D eigenvalue weighted by atomic mass is 16.6. The van der Waals surface area contributed by atoms with Gasteiger partial charge in [-0.2, -0.15) is 0 Å². The van der Waals surface area contributed by atoms with Crippen molar-refractivity contribution < 1.29 is 9.66 Å². The van der Waals surface area contributed by atoms with E-state index in [1.807, 2.05) is 30.5 Å². The van der Waals surface area contributed by atoms with E-state index < -0.39 is 11.0 Å². The second kappa shape index (κ2) is 7.36. The van der Waals surface area contributed by atoms with Crippen LogP contribution in [0.1, 0.15) is 17.2 Å². The van der Waals surface area contributed by atoms with Crippen LogP contribution >= 0.6 is 0 Å². The smallest absolute Gasteiger partial charge is 0.311 e. The minimum Gasteiger partial charge on any atom is -0.490 e. The van der Waals surface area contributed by atoms with Crippen LogP contribution in [0.5, 0.6) is 5.75 Å². The van der Waals surface area contributed by atoms with Crippen LogP contribution in [0.4, 0.5) is 11.6 Å². The predicted molar refractivity (Wildman–Crippen MR) is 105 cm³/mol. The maximum atomic E-state index is 11.5. The molecule has 0 spiro atoms. The first kappa shape index (κ1) is 17.5. The number of nitro groups is 1. The summed E-state index contributed by atoms with van der Waals surface area (Å²) in [4.78, 5) is 22.7. The molecule has 0 aliphatic carbocycles. The van der Waals surface area contributed by atoms with Gasteiger partial charge in [0.15, 0.2) is 5.75 Å². The minimum absolute atomic E-state index is 0.0966. The van der Waals surface area contributed by atoms with E-state index >= 15 is 0 Å². The first-order valence-electron chi connectivity index (χ1n) is 8.59. The summed E-state index contributed by atoms with van der Waals surface area (Å²) in [5.41, 5.74) is 2.51. The molecule has 140 valence electrons. The van der Waals surface area contributed by atoms with Crippen molar-refractivity contribution in [1.82, 2.24) is 15.0 Å². The van der Waals surface area contributed by atoms with Crippen LogP contribution in [-0.2, 0) is 0 Å². The van der Waals surface area contributed by atoms with Gasteiger partial charge in [-0.1, -0.05) is 24.3 Å². The van der Waals surface area contributed by atoms with E-state index in [2.05, 4.69) is 20.3 Å². The van der Waals surface area contributed by atoms with Crippen molar-refractivity contribution in [2.75, 3.05) is 12.4 Å². The molecule has 28 heavy (non-hydrogen) atoms. The topological polar surface area (TPSA) is 106 Å². The summed E-state index contributed by atoms with van der Waals surface area (Å²) in [6.07, 6.45) is 5.16. The summed E-state index contributed by atoms with van der Waals surface area (Å²) < 4.78 is 5.13. The maximum Gasteiger partial charge on any atom is 0.311 e. The molecule has 0 saturated carbocycles. The summed E-state index contributed by atoms with van der Waals surface area (Å²) in [6, 6.07) is 14.1. The molecular formula is C20H17N5O3. The number of fused-ring (bicyclic) bond motifs is 1. The van der Waals surface area contributed by atoms with Gasteiger partial charge < -0.3 is 15.0 Å². The van der Waals surface area contributed by atoms with Crippen molar-refractivity contribution in [1.29, 1.82) is 0 Å². The standard InChI is InChI=1S/C20H17N5O3/c1-28-18-8-7-13(11-17(18)25(26)27)19(24-20-21-9-4-10-22-20)15-12-23-16-6-3-2-5-14(15)16/h2-12,19,23H,1H3,(H,21,22,24). The molecule has 1 atom stereocenters. The number of aromatic nitrogens is 3. The van der Waals surface area contributed by atoms with E-state index in [0.29, 0.717) is 11.5 Å². The number of nitrogens with one attached hydrogen (secondary N) is 2. The number of ether oxygens (including phenoxy) is 1. The molecule has 0 radical (unpaired) electrons. The van der Waals surface area contributed by atoms with Gasteiger partial charge in [-0.25, -0.2) is 9.97 Å². The summed E-state index contributed by atoms with van der Waals surface area (Å²) in [6.45, 7) is 0. The Kier molecular flexibility index (Phi) is 4.59. The van der Waals surface area contributed by atoms with Crippen molar-refractivity contribution in [3.8, 4) is 5.75 Å². The van der Waals surface area contributed by atoms with Gasteiger partial charge in [0.1, 0.15) is 0 Å². The molecular weight excluding hydrogens is 358 g/mol. The SMILES string of the molecule is COc1ccc(C(Nc2ncccn2)c2c[nH]c3ccccc23)cc1[N+](=O)[O-]. The zero-order chi connectivity index (χ0) is 19.5. The Hall–Kier alpha value is -3.94. The highest BCUT2D eigenvalue weighted by molar-refractivity contribution is 5.84. The van der Waals surface area contributed by atoms with Crippen LogP contribution in [0.15, 0.2) is 67.1 Å². The van der Waals surface area contributed by atoms with Gasteiger partial charge in [0.2, 0.25) is 5.95 Å². The van der Waals surface area contributed by atoms with Gasteiger partial charge in [0, 0.05) is 41.1 Å². The van der Waals surface area contributed by atoms with E-state index in [0.717, 1.165) is 16.5 Å². The normalized spacial score (nSPS) is 11.9. The Morgan fingerprint density at radius 1 is 1.14 bits per heavy atom. The number of rotatable bonds is 6. The molecule has 8 heteroatoms. The van der Waals surface area contributed by atoms with E-state index in [4.69, 9.17) is 4.74 Å². The van der Waals surface area contributed by atoms with Crippen molar-refractivity contribution in [3.05, 3.63) is 88.4 Å². The molecule has 0 bridgehead atoms. The van der Waals surface area contributed by atoms with Crippen molar-refractivity contribution in [3.63, 3.8) is 0 Å². The molecule has 2 aromatic heterocycles. The van der Waals surface area contributed by atoms with Crippen LogP contribution in [0.2, 0.25) is 0 Å².